The van der Waals surface area contributed by atoms with E-state index in [1.165, 1.54) is 0 Å². The number of hydrogen-bond donors (Lipinski definition) is 1. The van der Waals surface area contributed by atoms with E-state index >= 15 is 0 Å². The van der Waals surface area contributed by atoms with E-state index in [1.807, 2.05) is 0 Å². The van der Waals surface area contributed by atoms with Crippen molar-refractivity contribution in [3.8, 4) is 0 Å². The summed E-state index contributed by atoms with van der Waals surface area (Å²) < 4.78 is 11.2. The lowest BCUT2D eigenvalue weighted by atomic mass is 10.1. The van der Waals surface area contributed by atoms with E-state index in [9.17, 15) is 4.79 Å². The molecule has 1 unspecified atom stereocenters. The minimum absolute atomic E-state index is 0.323. The van der Waals surface area contributed by atoms with Gasteiger partial charge < -0.3 is 15.2 Å². The predicted molar refractivity (Wildman–Crippen MR) is 67.8 cm³/mol. The third-order valence-electron chi connectivity index (χ3n) is 2.63. The molecule has 0 bridgehead atoms. The van der Waals surface area contributed by atoms with Crippen LogP contribution in [0.5, 0.6) is 0 Å². The SMILES string of the molecule is Nc1cc(Br)cc(C(=O)OCC2CCOC2)c1. The Morgan fingerprint density at radius 2 is 2.35 bits per heavy atom. The Morgan fingerprint density at radius 1 is 1.53 bits per heavy atom. The molecule has 2 rings (SSSR count). The van der Waals surface area contributed by atoms with E-state index < -0.39 is 0 Å². The molecule has 1 aromatic carbocycles. The van der Waals surface area contributed by atoms with Crippen LogP contribution in [0.2, 0.25) is 0 Å². The minimum Gasteiger partial charge on any atom is -0.462 e. The minimum atomic E-state index is -0.343. The second kappa shape index (κ2) is 5.51. The monoisotopic (exact) mass is 299 g/mol. The highest BCUT2D eigenvalue weighted by Crippen LogP contribution is 2.19. The first-order valence-corrected chi connectivity index (χ1v) is 6.25. The summed E-state index contributed by atoms with van der Waals surface area (Å²) in [5, 5.41) is 0. The van der Waals surface area contributed by atoms with Crippen molar-refractivity contribution in [2.75, 3.05) is 25.6 Å². The van der Waals surface area contributed by atoms with E-state index in [4.69, 9.17) is 15.2 Å². The maximum Gasteiger partial charge on any atom is 0.338 e. The first-order chi connectivity index (χ1) is 8.15. The predicted octanol–water partition coefficient (Wildman–Crippen LogP) is 2.22. The van der Waals surface area contributed by atoms with Gasteiger partial charge in [-0.3, -0.25) is 0 Å². The number of nitrogens with two attached hydrogens (primary N) is 1. The summed E-state index contributed by atoms with van der Waals surface area (Å²) in [5.74, 6) is -0.0200. The van der Waals surface area contributed by atoms with Crippen molar-refractivity contribution in [1.82, 2.24) is 0 Å². The van der Waals surface area contributed by atoms with Gasteiger partial charge in [0.05, 0.1) is 18.8 Å². The molecule has 0 aromatic heterocycles. The van der Waals surface area contributed by atoms with Gasteiger partial charge in [0.15, 0.2) is 0 Å². The molecule has 1 aromatic rings. The lowest BCUT2D eigenvalue weighted by molar-refractivity contribution is 0.0428. The molecule has 4 nitrogen and oxygen atoms in total. The largest absolute Gasteiger partial charge is 0.462 e. The molecular weight excluding hydrogens is 286 g/mol. The number of halogens is 1. The van der Waals surface area contributed by atoms with Crippen molar-refractivity contribution in [3.63, 3.8) is 0 Å². The molecule has 1 heterocycles. The van der Waals surface area contributed by atoms with Crippen LogP contribution in [0.4, 0.5) is 5.69 Å². The molecule has 5 heteroatoms. The molecule has 0 radical (unpaired) electrons. The summed E-state index contributed by atoms with van der Waals surface area (Å²) in [6, 6.07) is 5.05. The van der Waals surface area contributed by atoms with Crippen LogP contribution in [0.15, 0.2) is 22.7 Å². The molecule has 0 spiro atoms. The van der Waals surface area contributed by atoms with Crippen molar-refractivity contribution >= 4 is 27.6 Å². The summed E-state index contributed by atoms with van der Waals surface area (Å²) in [5.41, 5.74) is 6.66. The number of hydrogen-bond acceptors (Lipinski definition) is 4. The van der Waals surface area contributed by atoms with Crippen molar-refractivity contribution in [3.05, 3.63) is 28.2 Å². The molecule has 2 N–H and O–H groups in total. The van der Waals surface area contributed by atoms with Crippen LogP contribution in [0.25, 0.3) is 0 Å². The van der Waals surface area contributed by atoms with Gasteiger partial charge in [0.25, 0.3) is 0 Å². The van der Waals surface area contributed by atoms with Crippen LogP contribution in [0, 0.1) is 5.92 Å². The van der Waals surface area contributed by atoms with E-state index in [0.29, 0.717) is 30.4 Å². The molecule has 17 heavy (non-hydrogen) atoms. The van der Waals surface area contributed by atoms with Crippen LogP contribution < -0.4 is 5.73 Å². The number of carbonyl (C=O) groups is 1. The molecule has 1 saturated heterocycles. The fourth-order valence-corrected chi connectivity index (χ4v) is 2.23. The van der Waals surface area contributed by atoms with Crippen molar-refractivity contribution in [1.29, 1.82) is 0 Å². The highest BCUT2D eigenvalue weighted by molar-refractivity contribution is 9.10. The number of nitrogen functional groups attached to an aromatic ring is 1. The van der Waals surface area contributed by atoms with Crippen LogP contribution in [-0.2, 0) is 9.47 Å². The van der Waals surface area contributed by atoms with Crippen molar-refractivity contribution < 1.29 is 14.3 Å². The zero-order chi connectivity index (χ0) is 12.3. The Morgan fingerprint density at radius 3 is 3.00 bits per heavy atom. The van der Waals surface area contributed by atoms with Crippen molar-refractivity contribution in [2.45, 2.75) is 6.42 Å². The van der Waals surface area contributed by atoms with E-state index in [1.54, 1.807) is 18.2 Å². The lowest BCUT2D eigenvalue weighted by Crippen LogP contribution is -2.14. The van der Waals surface area contributed by atoms with Gasteiger partial charge in [0.1, 0.15) is 0 Å². The zero-order valence-corrected chi connectivity index (χ0v) is 10.9. The molecule has 1 aliphatic rings. The van der Waals surface area contributed by atoms with Gasteiger partial charge in [-0.25, -0.2) is 4.79 Å². The van der Waals surface area contributed by atoms with Crippen molar-refractivity contribution in [2.24, 2.45) is 5.92 Å². The van der Waals surface area contributed by atoms with E-state index in [0.717, 1.165) is 17.5 Å². The van der Waals surface area contributed by atoms with Crippen LogP contribution in [0.3, 0.4) is 0 Å². The van der Waals surface area contributed by atoms with E-state index in [-0.39, 0.29) is 5.97 Å². The molecular formula is C12H14BrNO3. The fraction of sp³-hybridized carbons (Fsp3) is 0.417. The second-order valence-electron chi connectivity index (χ2n) is 4.10. The first-order valence-electron chi connectivity index (χ1n) is 5.46. The number of benzene rings is 1. The molecule has 0 aliphatic carbocycles. The Hall–Kier alpha value is -1.07. The average molecular weight is 300 g/mol. The van der Waals surface area contributed by atoms with E-state index in [2.05, 4.69) is 15.9 Å². The maximum absolute atomic E-state index is 11.8. The summed E-state index contributed by atoms with van der Waals surface area (Å²) in [6.45, 7) is 1.84. The summed E-state index contributed by atoms with van der Waals surface area (Å²) in [7, 11) is 0. The molecule has 1 fully saturated rings. The number of carbonyl (C=O) groups excluding carboxylic acids is 1. The number of esters is 1. The molecule has 92 valence electrons. The quantitative estimate of drug-likeness (QED) is 0.687. The molecule has 0 saturated carbocycles. The maximum atomic E-state index is 11.8. The number of ether oxygens (including phenoxy) is 2. The smallest absolute Gasteiger partial charge is 0.338 e. The summed E-state index contributed by atoms with van der Waals surface area (Å²) in [6.07, 6.45) is 0.952. The summed E-state index contributed by atoms with van der Waals surface area (Å²) >= 11 is 3.29. The Balaban J connectivity index is 1.94. The van der Waals surface area contributed by atoms with Gasteiger partial charge in [-0.1, -0.05) is 15.9 Å². The number of rotatable bonds is 3. The first kappa shape index (κ1) is 12.4. The average Bonchev–Trinajstić information content (AvgIpc) is 2.77. The van der Waals surface area contributed by atoms with Gasteiger partial charge in [0.2, 0.25) is 0 Å². The fourth-order valence-electron chi connectivity index (χ4n) is 1.72. The Bertz CT molecular complexity index is 396. The summed E-state index contributed by atoms with van der Waals surface area (Å²) in [4.78, 5) is 11.8. The van der Waals surface area contributed by atoms with Gasteiger partial charge in [-0.15, -0.1) is 0 Å². The van der Waals surface area contributed by atoms with Gasteiger partial charge >= 0.3 is 5.97 Å². The molecule has 1 atom stereocenters. The second-order valence-corrected chi connectivity index (χ2v) is 5.02. The van der Waals surface area contributed by atoms with Gasteiger partial charge in [-0.2, -0.15) is 0 Å². The Kier molecular flexibility index (Phi) is 4.02. The third-order valence-corrected chi connectivity index (χ3v) is 3.09. The highest BCUT2D eigenvalue weighted by atomic mass is 79.9. The topological polar surface area (TPSA) is 61.6 Å². The van der Waals surface area contributed by atoms with Crippen LogP contribution in [0.1, 0.15) is 16.8 Å². The lowest BCUT2D eigenvalue weighted by Gasteiger charge is -2.09. The molecule has 1 aliphatic heterocycles. The van der Waals surface area contributed by atoms with Crippen LogP contribution >= 0.6 is 15.9 Å². The zero-order valence-electron chi connectivity index (χ0n) is 9.32. The highest BCUT2D eigenvalue weighted by Gasteiger charge is 2.18. The third kappa shape index (κ3) is 3.44. The Labute approximate surface area is 108 Å². The normalized spacial score (nSPS) is 19.2. The standard InChI is InChI=1S/C12H14BrNO3/c13-10-3-9(4-11(14)5-10)12(15)17-7-8-1-2-16-6-8/h3-5,8H,1-2,6-7,14H2. The molecule has 0 amide bonds. The van der Waals surface area contributed by atoms with Gasteiger partial charge in [0, 0.05) is 22.7 Å². The van der Waals surface area contributed by atoms with Gasteiger partial charge in [-0.05, 0) is 24.6 Å². The number of anilines is 1. The van der Waals surface area contributed by atoms with Crippen LogP contribution in [-0.4, -0.2) is 25.8 Å².